The van der Waals surface area contributed by atoms with Crippen molar-refractivity contribution in [1.29, 1.82) is 0 Å². The molecule has 0 bridgehead atoms. The summed E-state index contributed by atoms with van der Waals surface area (Å²) in [6.45, 7) is 0.599. The molecule has 1 saturated heterocycles. The summed E-state index contributed by atoms with van der Waals surface area (Å²) in [5, 5.41) is 5.60. The van der Waals surface area contributed by atoms with E-state index in [0.717, 1.165) is 10.9 Å². The number of para-hydroxylation sites is 1. The molecular formula is C25H21N3O5S. The highest BCUT2D eigenvalue weighted by Gasteiger charge is 2.35. The van der Waals surface area contributed by atoms with Crippen LogP contribution in [0.1, 0.15) is 18.4 Å². The fraction of sp³-hybridized carbons (Fsp3) is 0.200. The van der Waals surface area contributed by atoms with Crippen LogP contribution in [-0.4, -0.2) is 34.5 Å². The van der Waals surface area contributed by atoms with E-state index < -0.39 is 17.8 Å². The standard InChI is InChI=1S/C25H21N3O5S/c29-22(20-10-6-12-28(20)25(31)32-14-16-7-2-1-3-8-16)27-24-26-19(15-34-24)18-13-17-9-4-5-11-21(17)33-23(18)30/h1-5,7-9,11,13,15,20H,6,10,12,14H2,(H,26,27,29). The maximum absolute atomic E-state index is 12.9. The number of ether oxygens (including phenoxy) is 1. The number of anilines is 1. The van der Waals surface area contributed by atoms with Crippen LogP contribution in [0.5, 0.6) is 0 Å². The number of thiazole rings is 1. The topological polar surface area (TPSA) is 102 Å². The minimum absolute atomic E-state index is 0.148. The zero-order valence-corrected chi connectivity index (χ0v) is 18.9. The normalized spacial score (nSPS) is 15.4. The Hall–Kier alpha value is -3.98. The summed E-state index contributed by atoms with van der Waals surface area (Å²) in [4.78, 5) is 43.8. The number of likely N-dealkylation sites (tertiary alicyclic amines) is 1. The maximum atomic E-state index is 12.9. The van der Waals surface area contributed by atoms with E-state index in [9.17, 15) is 14.4 Å². The molecule has 0 saturated carbocycles. The molecule has 172 valence electrons. The zero-order valence-electron chi connectivity index (χ0n) is 18.1. The van der Waals surface area contributed by atoms with Crippen LogP contribution in [0, 0.1) is 0 Å². The van der Waals surface area contributed by atoms with Crippen molar-refractivity contribution in [3.8, 4) is 11.3 Å². The Balaban J connectivity index is 1.26. The first-order chi connectivity index (χ1) is 16.6. The summed E-state index contributed by atoms with van der Waals surface area (Å²) in [5.74, 6) is -0.333. The number of aromatic nitrogens is 1. The second kappa shape index (κ2) is 9.48. The van der Waals surface area contributed by atoms with Crippen LogP contribution in [0.3, 0.4) is 0 Å². The van der Waals surface area contributed by atoms with Gasteiger partial charge in [0.2, 0.25) is 5.91 Å². The second-order valence-electron chi connectivity index (χ2n) is 7.90. The van der Waals surface area contributed by atoms with Gasteiger partial charge in [-0.15, -0.1) is 11.3 Å². The van der Waals surface area contributed by atoms with E-state index in [0.29, 0.717) is 41.4 Å². The van der Waals surface area contributed by atoms with Gasteiger partial charge in [-0.25, -0.2) is 14.6 Å². The number of hydrogen-bond donors (Lipinski definition) is 1. The average Bonchev–Trinajstić information content (AvgIpc) is 3.53. The Morgan fingerprint density at radius 1 is 1.15 bits per heavy atom. The molecule has 1 unspecified atom stereocenters. The minimum Gasteiger partial charge on any atom is -0.445 e. The second-order valence-corrected chi connectivity index (χ2v) is 8.76. The van der Waals surface area contributed by atoms with E-state index in [1.807, 2.05) is 42.5 Å². The van der Waals surface area contributed by atoms with Gasteiger partial charge in [-0.3, -0.25) is 9.69 Å². The molecule has 34 heavy (non-hydrogen) atoms. The lowest BCUT2D eigenvalue weighted by Gasteiger charge is -2.22. The Morgan fingerprint density at radius 3 is 2.79 bits per heavy atom. The summed E-state index contributed by atoms with van der Waals surface area (Å²) >= 11 is 1.20. The number of benzene rings is 2. The zero-order chi connectivity index (χ0) is 23.5. The number of carbonyl (C=O) groups is 2. The van der Waals surface area contributed by atoms with Crippen molar-refractivity contribution in [2.75, 3.05) is 11.9 Å². The lowest BCUT2D eigenvalue weighted by atomic mass is 10.1. The third-order valence-electron chi connectivity index (χ3n) is 5.65. The minimum atomic E-state index is -0.638. The van der Waals surface area contributed by atoms with Gasteiger partial charge in [-0.1, -0.05) is 48.5 Å². The van der Waals surface area contributed by atoms with E-state index in [4.69, 9.17) is 9.15 Å². The molecule has 2 aromatic carbocycles. The highest BCUT2D eigenvalue weighted by Crippen LogP contribution is 2.27. The number of nitrogens with one attached hydrogen (secondary N) is 1. The molecule has 5 rings (SSSR count). The van der Waals surface area contributed by atoms with E-state index in [1.165, 1.54) is 16.2 Å². The maximum Gasteiger partial charge on any atom is 0.410 e. The summed E-state index contributed by atoms with van der Waals surface area (Å²) in [5.41, 5.74) is 1.63. The summed E-state index contributed by atoms with van der Waals surface area (Å²) in [6.07, 6.45) is 0.730. The largest absolute Gasteiger partial charge is 0.445 e. The van der Waals surface area contributed by atoms with Crippen LogP contribution in [0.4, 0.5) is 9.93 Å². The van der Waals surface area contributed by atoms with Crippen molar-refractivity contribution < 1.29 is 18.7 Å². The van der Waals surface area contributed by atoms with Crippen molar-refractivity contribution in [3.05, 3.63) is 82.0 Å². The van der Waals surface area contributed by atoms with Crippen molar-refractivity contribution in [2.45, 2.75) is 25.5 Å². The van der Waals surface area contributed by atoms with Crippen molar-refractivity contribution >= 4 is 39.4 Å². The third-order valence-corrected chi connectivity index (χ3v) is 6.40. The predicted molar refractivity (Wildman–Crippen MR) is 129 cm³/mol. The molecule has 1 aliphatic rings. The van der Waals surface area contributed by atoms with Crippen LogP contribution in [0.2, 0.25) is 0 Å². The first-order valence-electron chi connectivity index (χ1n) is 10.9. The van der Waals surface area contributed by atoms with E-state index in [1.54, 1.807) is 23.6 Å². The lowest BCUT2D eigenvalue weighted by Crippen LogP contribution is -2.43. The lowest BCUT2D eigenvalue weighted by molar-refractivity contribution is -0.120. The summed E-state index contributed by atoms with van der Waals surface area (Å²) < 4.78 is 10.8. The van der Waals surface area contributed by atoms with Crippen LogP contribution in [0.15, 0.2) is 75.3 Å². The van der Waals surface area contributed by atoms with Crippen LogP contribution < -0.4 is 10.9 Å². The molecule has 1 fully saturated rings. The fourth-order valence-corrected chi connectivity index (χ4v) is 4.66. The SMILES string of the molecule is O=C(Nc1nc(-c2cc3ccccc3oc2=O)cs1)C1CCCN1C(=O)OCc1ccccc1. The first-order valence-corrected chi connectivity index (χ1v) is 11.7. The number of hydrogen-bond acceptors (Lipinski definition) is 7. The monoisotopic (exact) mass is 475 g/mol. The Labute approximate surface area is 198 Å². The molecule has 0 radical (unpaired) electrons. The number of amides is 2. The predicted octanol–water partition coefficient (Wildman–Crippen LogP) is 4.66. The van der Waals surface area contributed by atoms with Gasteiger partial charge in [0.05, 0.1) is 11.3 Å². The number of nitrogens with zero attached hydrogens (tertiary/aromatic N) is 2. The van der Waals surface area contributed by atoms with Gasteiger partial charge in [0.15, 0.2) is 5.13 Å². The fourth-order valence-electron chi connectivity index (χ4n) is 3.94. The van der Waals surface area contributed by atoms with Gasteiger partial charge in [-0.05, 0) is 30.5 Å². The number of rotatable bonds is 5. The molecule has 1 aliphatic heterocycles. The molecule has 4 aromatic rings. The van der Waals surface area contributed by atoms with Gasteiger partial charge in [0.25, 0.3) is 0 Å². The van der Waals surface area contributed by atoms with Crippen molar-refractivity contribution in [3.63, 3.8) is 0 Å². The first kappa shape index (κ1) is 21.8. The van der Waals surface area contributed by atoms with E-state index in [2.05, 4.69) is 10.3 Å². The molecule has 8 nitrogen and oxygen atoms in total. The molecule has 2 amide bonds. The van der Waals surface area contributed by atoms with Crippen molar-refractivity contribution in [2.24, 2.45) is 0 Å². The van der Waals surface area contributed by atoms with E-state index in [-0.39, 0.29) is 12.5 Å². The van der Waals surface area contributed by atoms with Crippen LogP contribution in [0.25, 0.3) is 22.2 Å². The third kappa shape index (κ3) is 4.55. The van der Waals surface area contributed by atoms with Gasteiger partial charge in [0.1, 0.15) is 18.2 Å². The molecular weight excluding hydrogens is 454 g/mol. The number of fused-ring (bicyclic) bond motifs is 1. The summed E-state index contributed by atoms with van der Waals surface area (Å²) in [7, 11) is 0. The molecule has 2 aromatic heterocycles. The molecule has 0 aliphatic carbocycles. The molecule has 0 spiro atoms. The highest BCUT2D eigenvalue weighted by atomic mass is 32.1. The molecule has 1 atom stereocenters. The van der Waals surface area contributed by atoms with Crippen LogP contribution >= 0.6 is 11.3 Å². The molecule has 3 heterocycles. The Kier molecular flexibility index (Phi) is 6.09. The molecule has 1 N–H and O–H groups in total. The van der Waals surface area contributed by atoms with E-state index >= 15 is 0 Å². The van der Waals surface area contributed by atoms with Gasteiger partial charge < -0.3 is 14.5 Å². The molecule has 9 heteroatoms. The Bertz CT molecular complexity index is 1400. The summed E-state index contributed by atoms with van der Waals surface area (Å²) in [6, 6.07) is 17.7. The van der Waals surface area contributed by atoms with Crippen molar-refractivity contribution in [1.82, 2.24) is 9.88 Å². The van der Waals surface area contributed by atoms with Crippen LogP contribution in [-0.2, 0) is 16.1 Å². The average molecular weight is 476 g/mol. The van der Waals surface area contributed by atoms with Gasteiger partial charge in [-0.2, -0.15) is 0 Å². The smallest absolute Gasteiger partial charge is 0.410 e. The van der Waals surface area contributed by atoms with Gasteiger partial charge >= 0.3 is 11.7 Å². The highest BCUT2D eigenvalue weighted by molar-refractivity contribution is 7.14. The quantitative estimate of drug-likeness (QED) is 0.422. The van der Waals surface area contributed by atoms with Gasteiger partial charge in [0, 0.05) is 17.3 Å². The number of carbonyl (C=O) groups excluding carboxylic acids is 2. The Morgan fingerprint density at radius 2 is 1.94 bits per heavy atom.